The van der Waals surface area contributed by atoms with Crippen molar-refractivity contribution in [3.05, 3.63) is 0 Å². The van der Waals surface area contributed by atoms with Crippen LogP contribution in [0.5, 0.6) is 0 Å². The largest absolute Gasteiger partial charge is 0.377 e. The van der Waals surface area contributed by atoms with Crippen molar-refractivity contribution in [3.63, 3.8) is 0 Å². The lowest BCUT2D eigenvalue weighted by Gasteiger charge is -2.32. The van der Waals surface area contributed by atoms with Gasteiger partial charge in [0.2, 0.25) is 0 Å². The second-order valence-corrected chi connectivity index (χ2v) is 4.83. The maximum Gasteiger partial charge on any atom is 0.0597 e. The second-order valence-electron chi connectivity index (χ2n) is 4.83. The van der Waals surface area contributed by atoms with Gasteiger partial charge in [-0.2, -0.15) is 0 Å². The molecule has 0 aromatic carbocycles. The summed E-state index contributed by atoms with van der Waals surface area (Å²) in [5, 5.41) is 0. The Morgan fingerprint density at radius 1 is 1.12 bits per heavy atom. The van der Waals surface area contributed by atoms with Crippen molar-refractivity contribution in [2.75, 3.05) is 46.4 Å². The average Bonchev–Trinajstić information content (AvgIpc) is 2.30. The van der Waals surface area contributed by atoms with Gasteiger partial charge in [-0.05, 0) is 19.9 Å². The number of rotatable bonds is 7. The van der Waals surface area contributed by atoms with Crippen LogP contribution in [-0.2, 0) is 4.74 Å². The Labute approximate surface area is 101 Å². The van der Waals surface area contributed by atoms with E-state index in [2.05, 4.69) is 30.7 Å². The molecule has 0 aromatic heterocycles. The fourth-order valence-electron chi connectivity index (χ4n) is 2.15. The molecule has 1 aliphatic heterocycles. The predicted molar refractivity (Wildman–Crippen MR) is 68.9 cm³/mol. The van der Waals surface area contributed by atoms with Gasteiger partial charge in [-0.1, -0.05) is 20.3 Å². The summed E-state index contributed by atoms with van der Waals surface area (Å²) in [6.45, 7) is 11.3. The Morgan fingerprint density at radius 2 is 1.81 bits per heavy atom. The molecule has 1 aliphatic rings. The predicted octanol–water partition coefficient (Wildman–Crippen LogP) is 1.83. The van der Waals surface area contributed by atoms with E-state index in [1.54, 1.807) is 0 Å². The van der Waals surface area contributed by atoms with Crippen LogP contribution < -0.4 is 0 Å². The van der Waals surface area contributed by atoms with Gasteiger partial charge in [0.15, 0.2) is 0 Å². The van der Waals surface area contributed by atoms with E-state index < -0.39 is 0 Å². The van der Waals surface area contributed by atoms with E-state index in [-0.39, 0.29) is 0 Å². The van der Waals surface area contributed by atoms with E-state index in [4.69, 9.17) is 4.74 Å². The van der Waals surface area contributed by atoms with Crippen LogP contribution in [0.1, 0.15) is 33.1 Å². The Balaban J connectivity index is 2.05. The quantitative estimate of drug-likeness (QED) is 0.661. The van der Waals surface area contributed by atoms with E-state index in [0.717, 1.165) is 19.6 Å². The molecule has 0 aromatic rings. The monoisotopic (exact) mass is 228 g/mol. The van der Waals surface area contributed by atoms with Crippen molar-refractivity contribution in [1.82, 2.24) is 9.80 Å². The molecule has 1 atom stereocenters. The fourth-order valence-corrected chi connectivity index (χ4v) is 2.15. The maximum atomic E-state index is 5.91. The van der Waals surface area contributed by atoms with Crippen molar-refractivity contribution in [1.29, 1.82) is 0 Å². The lowest BCUT2D eigenvalue weighted by molar-refractivity contribution is 0.0229. The molecule has 16 heavy (non-hydrogen) atoms. The molecule has 0 N–H and O–H groups in total. The van der Waals surface area contributed by atoms with E-state index in [1.165, 1.54) is 39.0 Å². The van der Waals surface area contributed by atoms with Gasteiger partial charge in [-0.3, -0.25) is 4.90 Å². The van der Waals surface area contributed by atoms with Crippen LogP contribution >= 0.6 is 0 Å². The molecule has 1 saturated heterocycles. The highest BCUT2D eigenvalue weighted by molar-refractivity contribution is 4.69. The smallest absolute Gasteiger partial charge is 0.0597 e. The number of hydrogen-bond acceptors (Lipinski definition) is 3. The van der Waals surface area contributed by atoms with Crippen molar-refractivity contribution >= 4 is 0 Å². The van der Waals surface area contributed by atoms with Gasteiger partial charge in [0, 0.05) is 32.7 Å². The van der Waals surface area contributed by atoms with Crippen LogP contribution in [0.2, 0.25) is 0 Å². The molecular weight excluding hydrogens is 200 g/mol. The van der Waals surface area contributed by atoms with Crippen LogP contribution in [0.4, 0.5) is 0 Å². The lowest BCUT2D eigenvalue weighted by atomic mass is 10.2. The molecule has 1 fully saturated rings. The van der Waals surface area contributed by atoms with Crippen molar-refractivity contribution in [2.24, 2.45) is 0 Å². The molecule has 0 bridgehead atoms. The van der Waals surface area contributed by atoms with Gasteiger partial charge in [-0.25, -0.2) is 0 Å². The Morgan fingerprint density at radius 3 is 2.38 bits per heavy atom. The summed E-state index contributed by atoms with van der Waals surface area (Å²) in [6, 6.07) is 0. The molecule has 0 aliphatic carbocycles. The normalized spacial score (nSPS) is 21.2. The topological polar surface area (TPSA) is 15.7 Å². The molecule has 1 heterocycles. The highest BCUT2D eigenvalue weighted by Gasteiger charge is 2.13. The Bertz CT molecular complexity index is 167. The first-order valence-electron chi connectivity index (χ1n) is 6.78. The number of nitrogens with zero attached hydrogens (tertiary/aromatic N) is 2. The minimum absolute atomic E-state index is 0.484. The lowest BCUT2D eigenvalue weighted by Crippen LogP contribution is -2.45. The summed E-state index contributed by atoms with van der Waals surface area (Å²) in [5.41, 5.74) is 0. The molecule has 96 valence electrons. The van der Waals surface area contributed by atoms with E-state index >= 15 is 0 Å². The minimum Gasteiger partial charge on any atom is -0.377 e. The summed E-state index contributed by atoms with van der Waals surface area (Å²) in [4.78, 5) is 4.90. The number of ether oxygens (including phenoxy) is 1. The van der Waals surface area contributed by atoms with Gasteiger partial charge < -0.3 is 9.64 Å². The van der Waals surface area contributed by atoms with E-state index in [1.807, 2.05) is 0 Å². The number of piperazine rings is 1. The number of likely N-dealkylation sites (N-methyl/N-ethyl adjacent to an activating group) is 1. The average molecular weight is 228 g/mol. The number of hydrogen-bond donors (Lipinski definition) is 0. The van der Waals surface area contributed by atoms with Gasteiger partial charge in [0.1, 0.15) is 0 Å². The third kappa shape index (κ3) is 5.28. The summed E-state index contributed by atoms with van der Waals surface area (Å²) in [7, 11) is 2.20. The van der Waals surface area contributed by atoms with Crippen LogP contribution in [0.25, 0.3) is 0 Å². The Hall–Kier alpha value is -0.120. The SMILES string of the molecule is CCCC(CC)OCCN1CCN(C)CC1. The first-order chi connectivity index (χ1) is 7.76. The van der Waals surface area contributed by atoms with E-state index in [0.29, 0.717) is 6.10 Å². The van der Waals surface area contributed by atoms with Crippen molar-refractivity contribution in [2.45, 2.75) is 39.2 Å². The first-order valence-corrected chi connectivity index (χ1v) is 6.78. The van der Waals surface area contributed by atoms with Gasteiger partial charge in [0.05, 0.1) is 12.7 Å². The van der Waals surface area contributed by atoms with Crippen LogP contribution in [0.3, 0.4) is 0 Å². The van der Waals surface area contributed by atoms with Crippen LogP contribution in [-0.4, -0.2) is 62.3 Å². The van der Waals surface area contributed by atoms with Crippen molar-refractivity contribution < 1.29 is 4.74 Å². The molecule has 0 amide bonds. The second kappa shape index (κ2) is 8.04. The summed E-state index contributed by atoms with van der Waals surface area (Å²) in [6.07, 6.45) is 4.07. The molecule has 0 saturated carbocycles. The molecular formula is C13H28N2O. The summed E-state index contributed by atoms with van der Waals surface area (Å²) >= 11 is 0. The highest BCUT2D eigenvalue weighted by atomic mass is 16.5. The fraction of sp³-hybridized carbons (Fsp3) is 1.00. The molecule has 3 nitrogen and oxygen atoms in total. The van der Waals surface area contributed by atoms with Gasteiger partial charge in [-0.15, -0.1) is 0 Å². The third-order valence-electron chi connectivity index (χ3n) is 3.42. The molecule has 0 spiro atoms. The molecule has 0 radical (unpaired) electrons. The summed E-state index contributed by atoms with van der Waals surface area (Å²) in [5.74, 6) is 0. The zero-order chi connectivity index (χ0) is 11.8. The third-order valence-corrected chi connectivity index (χ3v) is 3.42. The van der Waals surface area contributed by atoms with Crippen molar-refractivity contribution in [3.8, 4) is 0 Å². The van der Waals surface area contributed by atoms with Crippen LogP contribution in [0.15, 0.2) is 0 Å². The zero-order valence-electron chi connectivity index (χ0n) is 11.2. The minimum atomic E-state index is 0.484. The van der Waals surface area contributed by atoms with Gasteiger partial charge >= 0.3 is 0 Å². The standard InChI is InChI=1S/C13H28N2O/c1-4-6-13(5-2)16-12-11-15-9-7-14(3)8-10-15/h13H,4-12H2,1-3H3. The first kappa shape index (κ1) is 13.9. The molecule has 1 rings (SSSR count). The van der Waals surface area contributed by atoms with Gasteiger partial charge in [0.25, 0.3) is 0 Å². The zero-order valence-corrected chi connectivity index (χ0v) is 11.2. The Kier molecular flexibility index (Phi) is 7.01. The summed E-state index contributed by atoms with van der Waals surface area (Å²) < 4.78 is 5.91. The van der Waals surface area contributed by atoms with Crippen LogP contribution in [0, 0.1) is 0 Å². The van der Waals surface area contributed by atoms with E-state index in [9.17, 15) is 0 Å². The highest BCUT2D eigenvalue weighted by Crippen LogP contribution is 2.06. The molecule has 3 heteroatoms. The maximum absolute atomic E-state index is 5.91. The molecule has 1 unspecified atom stereocenters.